The number of hydrogen-bond donors (Lipinski definition) is 2. The summed E-state index contributed by atoms with van der Waals surface area (Å²) in [4.78, 5) is 4.66. The first kappa shape index (κ1) is 22.7. The molecule has 0 saturated heterocycles. The lowest BCUT2D eigenvalue weighted by Crippen LogP contribution is -2.39. The minimum atomic E-state index is 0. The summed E-state index contributed by atoms with van der Waals surface area (Å²) in [5.41, 5.74) is 1.05. The normalized spacial score (nSPS) is 12.4. The van der Waals surface area contributed by atoms with Crippen LogP contribution >= 0.6 is 35.6 Å². The molecule has 1 heterocycles. The molecule has 0 spiro atoms. The average Bonchev–Trinajstić information content (AvgIpc) is 2.92. The van der Waals surface area contributed by atoms with E-state index in [0.29, 0.717) is 6.54 Å². The van der Waals surface area contributed by atoms with Crippen molar-refractivity contribution in [3.05, 3.63) is 46.5 Å². The molecule has 1 aromatic heterocycles. The summed E-state index contributed by atoms with van der Waals surface area (Å²) < 4.78 is 1.95. The summed E-state index contributed by atoms with van der Waals surface area (Å²) in [6.45, 7) is 7.51. The predicted octanol–water partition coefficient (Wildman–Crippen LogP) is 3.99. The highest BCUT2D eigenvalue weighted by Crippen LogP contribution is 2.21. The van der Waals surface area contributed by atoms with Crippen molar-refractivity contribution < 1.29 is 0 Å². The zero-order valence-corrected chi connectivity index (χ0v) is 18.9. The lowest BCUT2D eigenvalue weighted by atomic mass is 10.1. The molecule has 2 aromatic rings. The van der Waals surface area contributed by atoms with Crippen LogP contribution in [0.15, 0.2) is 29.3 Å². The van der Waals surface area contributed by atoms with Gasteiger partial charge >= 0.3 is 0 Å². The van der Waals surface area contributed by atoms with E-state index in [1.54, 1.807) is 0 Å². The Morgan fingerprint density at radius 3 is 2.65 bits per heavy atom. The van der Waals surface area contributed by atoms with Gasteiger partial charge in [-0.3, -0.25) is 0 Å². The van der Waals surface area contributed by atoms with E-state index in [9.17, 15) is 0 Å². The lowest BCUT2D eigenvalue weighted by Gasteiger charge is -2.19. The molecule has 2 N–H and O–H groups in total. The molecule has 0 bridgehead atoms. The second kappa shape index (κ2) is 11.4. The lowest BCUT2D eigenvalue weighted by molar-refractivity contribution is 0.663. The topological polar surface area (TPSA) is 67.1 Å². The van der Waals surface area contributed by atoms with Crippen molar-refractivity contribution in [2.45, 2.75) is 46.2 Å². The van der Waals surface area contributed by atoms with Gasteiger partial charge in [-0.25, -0.2) is 4.99 Å². The molecule has 0 saturated carbocycles. The van der Waals surface area contributed by atoms with Gasteiger partial charge in [-0.15, -0.1) is 34.2 Å². The van der Waals surface area contributed by atoms with E-state index < -0.39 is 0 Å². The molecule has 1 unspecified atom stereocenters. The predicted molar refractivity (Wildman–Crippen MR) is 118 cm³/mol. The average molecular weight is 491 g/mol. The molecule has 26 heavy (non-hydrogen) atoms. The third-order valence-electron chi connectivity index (χ3n) is 4.11. The number of halogens is 2. The number of nitrogens with zero attached hydrogens (tertiary/aromatic N) is 4. The van der Waals surface area contributed by atoms with Gasteiger partial charge in [-0.1, -0.05) is 43.1 Å². The Morgan fingerprint density at radius 2 is 2.04 bits per heavy atom. The van der Waals surface area contributed by atoms with Crippen LogP contribution in [0.3, 0.4) is 0 Å². The summed E-state index contributed by atoms with van der Waals surface area (Å²) in [5, 5.41) is 15.8. The smallest absolute Gasteiger partial charge is 0.192 e. The molecule has 8 heteroatoms. The van der Waals surface area contributed by atoms with E-state index in [1.807, 2.05) is 42.8 Å². The molecular weight excluding hydrogens is 463 g/mol. The van der Waals surface area contributed by atoms with E-state index in [0.717, 1.165) is 47.6 Å². The number of aliphatic imine (C=N–C) groups is 1. The van der Waals surface area contributed by atoms with E-state index in [4.69, 9.17) is 11.6 Å². The fourth-order valence-corrected chi connectivity index (χ4v) is 2.68. The van der Waals surface area contributed by atoms with Crippen LogP contribution in [0.1, 0.15) is 49.9 Å². The number of unbranched alkanes of at least 4 members (excludes halogenated alkanes) is 1. The summed E-state index contributed by atoms with van der Waals surface area (Å²) in [7, 11) is 1.95. The van der Waals surface area contributed by atoms with Gasteiger partial charge in [0.05, 0.1) is 6.04 Å². The number of hydrogen-bond acceptors (Lipinski definition) is 3. The number of benzene rings is 1. The Morgan fingerprint density at radius 1 is 1.31 bits per heavy atom. The molecule has 0 aliphatic carbocycles. The van der Waals surface area contributed by atoms with E-state index in [-0.39, 0.29) is 30.0 Å². The van der Waals surface area contributed by atoms with Crippen molar-refractivity contribution in [1.82, 2.24) is 25.4 Å². The van der Waals surface area contributed by atoms with Crippen LogP contribution in [-0.2, 0) is 13.6 Å². The van der Waals surface area contributed by atoms with Crippen LogP contribution < -0.4 is 10.6 Å². The third-order valence-corrected chi connectivity index (χ3v) is 4.45. The summed E-state index contributed by atoms with van der Waals surface area (Å²) in [5.74, 6) is 2.46. The van der Waals surface area contributed by atoms with Crippen molar-refractivity contribution in [2.24, 2.45) is 12.0 Å². The van der Waals surface area contributed by atoms with Crippen molar-refractivity contribution in [2.75, 3.05) is 6.54 Å². The maximum absolute atomic E-state index is 6.30. The maximum Gasteiger partial charge on any atom is 0.192 e. The van der Waals surface area contributed by atoms with E-state index >= 15 is 0 Å². The SMILES string of the molecule is CCCCNC(=NCc1nnc(C)n1C)NC(C)c1ccccc1Cl.I. The van der Waals surface area contributed by atoms with Crippen molar-refractivity contribution in [1.29, 1.82) is 0 Å². The number of aryl methyl sites for hydroxylation is 1. The Labute approximate surface area is 177 Å². The van der Waals surface area contributed by atoms with Gasteiger partial charge in [-0.2, -0.15) is 0 Å². The molecule has 6 nitrogen and oxygen atoms in total. The summed E-state index contributed by atoms with van der Waals surface area (Å²) in [6, 6.07) is 7.89. The third kappa shape index (κ3) is 6.42. The fourth-order valence-electron chi connectivity index (χ4n) is 2.38. The molecule has 2 rings (SSSR count). The molecule has 1 atom stereocenters. The molecule has 0 fully saturated rings. The van der Waals surface area contributed by atoms with Crippen LogP contribution in [0.2, 0.25) is 5.02 Å². The Bertz CT molecular complexity index is 715. The zero-order valence-electron chi connectivity index (χ0n) is 15.8. The summed E-state index contributed by atoms with van der Waals surface area (Å²) in [6.07, 6.45) is 2.22. The van der Waals surface area contributed by atoms with Gasteiger partial charge in [0, 0.05) is 18.6 Å². The molecule has 0 amide bonds. The van der Waals surface area contributed by atoms with Crippen molar-refractivity contribution in [3.8, 4) is 0 Å². The van der Waals surface area contributed by atoms with Crippen LogP contribution in [0.25, 0.3) is 0 Å². The molecule has 1 aromatic carbocycles. The second-order valence-corrected chi connectivity index (χ2v) is 6.46. The number of aromatic nitrogens is 3. The first-order valence-corrected chi connectivity index (χ1v) is 9.04. The quantitative estimate of drug-likeness (QED) is 0.267. The van der Waals surface area contributed by atoms with Gasteiger partial charge in [0.1, 0.15) is 12.4 Å². The molecule has 0 aliphatic rings. The Balaban J connectivity index is 0.00000338. The van der Waals surface area contributed by atoms with Gasteiger partial charge in [0.15, 0.2) is 11.8 Å². The Hall–Kier alpha value is -1.35. The monoisotopic (exact) mass is 490 g/mol. The minimum Gasteiger partial charge on any atom is -0.356 e. The molecular formula is C18H28ClIN6. The molecule has 0 aliphatic heterocycles. The largest absolute Gasteiger partial charge is 0.356 e. The second-order valence-electron chi connectivity index (χ2n) is 6.06. The van der Waals surface area contributed by atoms with Crippen LogP contribution in [-0.4, -0.2) is 27.3 Å². The first-order chi connectivity index (χ1) is 12.0. The highest BCUT2D eigenvalue weighted by molar-refractivity contribution is 14.0. The van der Waals surface area contributed by atoms with Crippen LogP contribution in [0, 0.1) is 6.92 Å². The summed E-state index contributed by atoms with van der Waals surface area (Å²) >= 11 is 6.30. The van der Waals surface area contributed by atoms with Crippen LogP contribution in [0.5, 0.6) is 0 Å². The van der Waals surface area contributed by atoms with Crippen molar-refractivity contribution >= 4 is 41.5 Å². The maximum atomic E-state index is 6.30. The van der Waals surface area contributed by atoms with Crippen LogP contribution in [0.4, 0.5) is 0 Å². The van der Waals surface area contributed by atoms with E-state index in [2.05, 4.69) is 39.7 Å². The number of rotatable bonds is 7. The Kier molecular flexibility index (Phi) is 9.93. The molecule has 144 valence electrons. The van der Waals surface area contributed by atoms with Gasteiger partial charge in [0.25, 0.3) is 0 Å². The fraction of sp³-hybridized carbons (Fsp3) is 0.500. The number of nitrogens with one attached hydrogen (secondary N) is 2. The highest BCUT2D eigenvalue weighted by Gasteiger charge is 2.11. The zero-order chi connectivity index (χ0) is 18.2. The van der Waals surface area contributed by atoms with Gasteiger partial charge in [0.2, 0.25) is 0 Å². The van der Waals surface area contributed by atoms with E-state index in [1.165, 1.54) is 0 Å². The minimum absolute atomic E-state index is 0. The van der Waals surface area contributed by atoms with Crippen molar-refractivity contribution in [3.63, 3.8) is 0 Å². The number of guanidine groups is 1. The first-order valence-electron chi connectivity index (χ1n) is 8.67. The van der Waals surface area contributed by atoms with Gasteiger partial charge < -0.3 is 15.2 Å². The van der Waals surface area contributed by atoms with Gasteiger partial charge in [-0.05, 0) is 31.9 Å². The highest BCUT2D eigenvalue weighted by atomic mass is 127. The standard InChI is InChI=1S/C18H27ClN6.HI/c1-5-6-11-20-18(21-12-17-24-23-14(3)25(17)4)22-13(2)15-9-7-8-10-16(15)19;/h7-10,13H,5-6,11-12H2,1-4H3,(H2,20,21,22);1H. The molecule has 0 radical (unpaired) electrons.